The van der Waals surface area contributed by atoms with Crippen molar-refractivity contribution in [3.8, 4) is 5.75 Å². The molecule has 0 bridgehead atoms. The lowest BCUT2D eigenvalue weighted by Gasteiger charge is -2.29. The Hall–Kier alpha value is -0.843. The molecule has 0 N–H and O–H groups in total. The van der Waals surface area contributed by atoms with E-state index in [2.05, 4.69) is 45.0 Å². The fourth-order valence-electron chi connectivity index (χ4n) is 2.27. The number of rotatable bonds is 10. The third-order valence-corrected chi connectivity index (χ3v) is 8.46. The lowest BCUT2D eigenvalue weighted by molar-refractivity contribution is -0.0291. The predicted octanol–water partition coefficient (Wildman–Crippen LogP) is 4.23. The summed E-state index contributed by atoms with van der Waals surface area (Å²) in [7, 11) is 0.0834. The van der Waals surface area contributed by atoms with Crippen molar-refractivity contribution in [2.45, 2.75) is 45.3 Å². The first-order chi connectivity index (χ1) is 9.69. The topological polar surface area (TPSA) is 27.7 Å². The Morgan fingerprint density at radius 3 is 2.05 bits per heavy atom. The molecule has 0 unspecified atom stereocenters. The molecule has 0 heterocycles. The van der Waals surface area contributed by atoms with Crippen molar-refractivity contribution in [3.63, 3.8) is 0 Å². The van der Waals surface area contributed by atoms with Crippen molar-refractivity contribution >= 4 is 8.32 Å². The summed E-state index contributed by atoms with van der Waals surface area (Å²) in [6.45, 7) is 7.80. The molecule has 0 saturated heterocycles. The molecule has 0 aromatic heterocycles. The number of methoxy groups -OCH3 is 1. The first-order valence-corrected chi connectivity index (χ1v) is 10.1. The number of ether oxygens (including phenoxy) is 2. The summed E-state index contributed by atoms with van der Waals surface area (Å²) in [5, 5.41) is 0. The first kappa shape index (κ1) is 17.2. The molecule has 0 radical (unpaired) electrons. The Bertz CT molecular complexity index is 352. The van der Waals surface area contributed by atoms with Gasteiger partial charge in [-0.3, -0.25) is 0 Å². The van der Waals surface area contributed by atoms with Crippen LogP contribution in [-0.4, -0.2) is 28.8 Å². The largest absolute Gasteiger partial charge is 0.544 e. The zero-order valence-electron chi connectivity index (χ0n) is 13.3. The summed E-state index contributed by atoms with van der Waals surface area (Å²) in [6, 6.07) is 12.0. The smallest absolute Gasteiger partial charge is 0.250 e. The van der Waals surface area contributed by atoms with Gasteiger partial charge in [0, 0.05) is 7.11 Å². The van der Waals surface area contributed by atoms with Crippen molar-refractivity contribution in [2.75, 3.05) is 20.5 Å². The van der Waals surface area contributed by atoms with E-state index in [-0.39, 0.29) is 0 Å². The maximum atomic E-state index is 6.34. The van der Waals surface area contributed by atoms with E-state index in [0.717, 1.165) is 12.2 Å². The quantitative estimate of drug-likeness (QED) is 0.367. The molecule has 20 heavy (non-hydrogen) atoms. The minimum absolute atomic E-state index is 0.360. The normalized spacial score (nSPS) is 11.6. The van der Waals surface area contributed by atoms with Crippen molar-refractivity contribution in [2.24, 2.45) is 0 Å². The molecule has 114 valence electrons. The molecule has 0 aliphatic rings. The first-order valence-electron chi connectivity index (χ1n) is 7.54. The van der Waals surface area contributed by atoms with Crippen molar-refractivity contribution < 1.29 is 13.9 Å². The minimum Gasteiger partial charge on any atom is -0.544 e. The van der Waals surface area contributed by atoms with E-state index in [4.69, 9.17) is 13.9 Å². The predicted molar refractivity (Wildman–Crippen MR) is 85.8 cm³/mol. The number of hydrogen-bond acceptors (Lipinski definition) is 3. The highest BCUT2D eigenvalue weighted by Gasteiger charge is 2.30. The standard InChI is InChI=1S/C16H28O3Si/c1-5-20(6-2,7-3)19-16-10-8-15(9-11-16)12-13-18-14-17-4/h8-11H,5-7,12-14H2,1-4H3. The number of benzene rings is 1. The van der Waals surface area contributed by atoms with E-state index in [1.54, 1.807) is 7.11 Å². The molecule has 0 aliphatic carbocycles. The monoisotopic (exact) mass is 296 g/mol. The summed E-state index contributed by atoms with van der Waals surface area (Å²) in [5.74, 6) is 1.02. The van der Waals surface area contributed by atoms with Crippen LogP contribution in [0.5, 0.6) is 5.75 Å². The average Bonchev–Trinajstić information content (AvgIpc) is 2.51. The lowest BCUT2D eigenvalue weighted by atomic mass is 10.1. The van der Waals surface area contributed by atoms with Gasteiger partial charge in [0.2, 0.25) is 8.32 Å². The van der Waals surface area contributed by atoms with Crippen LogP contribution in [-0.2, 0) is 15.9 Å². The van der Waals surface area contributed by atoms with E-state index in [1.165, 1.54) is 23.7 Å². The molecule has 0 fully saturated rings. The lowest BCUT2D eigenvalue weighted by Crippen LogP contribution is -2.39. The molecule has 0 atom stereocenters. The molecule has 0 amide bonds. The molecule has 1 aromatic rings. The van der Waals surface area contributed by atoms with Crippen LogP contribution in [0.3, 0.4) is 0 Å². The second-order valence-electron chi connectivity index (χ2n) is 5.05. The van der Waals surface area contributed by atoms with Gasteiger partial charge in [0.1, 0.15) is 12.5 Å². The van der Waals surface area contributed by atoms with Crippen LogP contribution in [0.2, 0.25) is 18.1 Å². The van der Waals surface area contributed by atoms with Gasteiger partial charge in [-0.05, 0) is 42.2 Å². The fourth-order valence-corrected chi connectivity index (χ4v) is 4.84. The third kappa shape index (κ3) is 5.27. The summed E-state index contributed by atoms with van der Waals surface area (Å²) < 4.78 is 16.5. The van der Waals surface area contributed by atoms with E-state index < -0.39 is 8.32 Å². The van der Waals surface area contributed by atoms with E-state index in [9.17, 15) is 0 Å². The second-order valence-corrected chi connectivity index (χ2v) is 9.75. The van der Waals surface area contributed by atoms with Gasteiger partial charge in [-0.1, -0.05) is 32.9 Å². The maximum absolute atomic E-state index is 6.34. The Balaban J connectivity index is 2.53. The summed E-state index contributed by atoms with van der Waals surface area (Å²) >= 11 is 0. The van der Waals surface area contributed by atoms with Crippen LogP contribution < -0.4 is 4.43 Å². The van der Waals surface area contributed by atoms with Gasteiger partial charge >= 0.3 is 0 Å². The fraction of sp³-hybridized carbons (Fsp3) is 0.625. The van der Waals surface area contributed by atoms with Gasteiger partial charge in [0.25, 0.3) is 0 Å². The van der Waals surface area contributed by atoms with Crippen LogP contribution in [0.15, 0.2) is 24.3 Å². The van der Waals surface area contributed by atoms with Crippen LogP contribution in [0.25, 0.3) is 0 Å². The molecule has 3 nitrogen and oxygen atoms in total. The summed E-state index contributed by atoms with van der Waals surface area (Å²) in [6.07, 6.45) is 0.904. The molecule has 4 heteroatoms. The van der Waals surface area contributed by atoms with Gasteiger partial charge in [0.15, 0.2) is 0 Å². The highest BCUT2D eigenvalue weighted by Crippen LogP contribution is 2.25. The Morgan fingerprint density at radius 2 is 1.55 bits per heavy atom. The van der Waals surface area contributed by atoms with E-state index >= 15 is 0 Å². The van der Waals surface area contributed by atoms with Gasteiger partial charge in [0.05, 0.1) is 6.61 Å². The Morgan fingerprint density at radius 1 is 0.950 bits per heavy atom. The van der Waals surface area contributed by atoms with E-state index in [0.29, 0.717) is 13.4 Å². The molecular formula is C16H28O3Si. The molecule has 1 rings (SSSR count). The van der Waals surface area contributed by atoms with Gasteiger partial charge < -0.3 is 13.9 Å². The maximum Gasteiger partial charge on any atom is 0.250 e. The van der Waals surface area contributed by atoms with Crippen LogP contribution in [0.4, 0.5) is 0 Å². The Kier molecular flexibility index (Phi) is 7.88. The van der Waals surface area contributed by atoms with Crippen LogP contribution >= 0.6 is 0 Å². The highest BCUT2D eigenvalue weighted by atomic mass is 28.4. The zero-order valence-corrected chi connectivity index (χ0v) is 14.3. The molecule has 1 aromatic carbocycles. The summed E-state index contributed by atoms with van der Waals surface area (Å²) in [4.78, 5) is 0. The van der Waals surface area contributed by atoms with Crippen molar-refractivity contribution in [3.05, 3.63) is 29.8 Å². The minimum atomic E-state index is -1.55. The molecular weight excluding hydrogens is 268 g/mol. The average molecular weight is 296 g/mol. The van der Waals surface area contributed by atoms with Crippen LogP contribution in [0, 0.1) is 0 Å². The SMILES string of the molecule is CC[Si](CC)(CC)Oc1ccc(CCOCOC)cc1. The van der Waals surface area contributed by atoms with Gasteiger partial charge in [-0.15, -0.1) is 0 Å². The van der Waals surface area contributed by atoms with E-state index in [1.807, 2.05) is 0 Å². The molecule has 0 spiro atoms. The van der Waals surface area contributed by atoms with Gasteiger partial charge in [-0.2, -0.15) is 0 Å². The number of hydrogen-bond donors (Lipinski definition) is 0. The molecule has 0 saturated carbocycles. The zero-order chi connectivity index (χ0) is 14.8. The van der Waals surface area contributed by atoms with Gasteiger partial charge in [-0.25, -0.2) is 0 Å². The molecule has 0 aliphatic heterocycles. The highest BCUT2D eigenvalue weighted by molar-refractivity contribution is 6.74. The Labute approximate surface area is 124 Å². The van der Waals surface area contributed by atoms with Crippen molar-refractivity contribution in [1.82, 2.24) is 0 Å². The summed E-state index contributed by atoms with van der Waals surface area (Å²) in [5.41, 5.74) is 1.27. The second kappa shape index (κ2) is 9.16. The van der Waals surface area contributed by atoms with Crippen molar-refractivity contribution in [1.29, 1.82) is 0 Å². The third-order valence-electron chi connectivity index (χ3n) is 3.93. The van der Waals surface area contributed by atoms with Crippen LogP contribution in [0.1, 0.15) is 26.3 Å².